The number of aryl methyl sites for hydroxylation is 4. The Morgan fingerprint density at radius 3 is 0.628 bits per heavy atom. The van der Waals surface area contributed by atoms with Crippen molar-refractivity contribution in [2.24, 2.45) is 0 Å². The number of nitrogens with zero attached hydrogens (tertiary/aromatic N) is 4. The number of aliphatic hydroxyl groups is 12. The first kappa shape index (κ1) is 122. The third kappa shape index (κ3) is 38.9. The topological polar surface area (TPSA) is 429 Å². The largest absolute Gasteiger partial charge is 0.459 e. The molecule has 4 aliphatic rings. The Balaban J connectivity index is 0.000000219. The molecule has 28 nitrogen and oxygen atoms in total. The molecule has 148 heavy (non-hydrogen) atoms. The Morgan fingerprint density at radius 1 is 0.264 bits per heavy atom. The van der Waals surface area contributed by atoms with Crippen LogP contribution in [-0.4, -0.2) is 208 Å². The highest BCUT2D eigenvalue weighted by atomic mass is 32.1. The van der Waals surface area contributed by atoms with Crippen LogP contribution in [0.3, 0.4) is 0 Å². The Morgan fingerprint density at radius 2 is 0.453 bits per heavy atom. The minimum absolute atomic E-state index is 0.137. The van der Waals surface area contributed by atoms with E-state index in [1.807, 2.05) is 141 Å². The lowest BCUT2D eigenvalue weighted by atomic mass is 10.0. The van der Waals surface area contributed by atoms with Gasteiger partial charge in [0.25, 0.3) is 0 Å². The second kappa shape index (κ2) is 65.4. The number of esters is 4. The van der Waals surface area contributed by atoms with Gasteiger partial charge < -0.3 is 99.8 Å². The van der Waals surface area contributed by atoms with E-state index in [4.69, 9.17) is 18.9 Å². The number of unbranched alkanes of at least 4 members (excludes halogenated alkanes) is 8. The monoisotopic (exact) mass is 2130 g/mol. The molecule has 0 saturated carbocycles. The van der Waals surface area contributed by atoms with Crippen LogP contribution < -0.4 is 19.6 Å². The first-order valence-corrected chi connectivity index (χ1v) is 57.5. The normalized spacial score (nSPS) is 18.1. The van der Waals surface area contributed by atoms with Gasteiger partial charge in [0.05, 0.1) is 48.8 Å². The molecule has 4 saturated heterocycles. The number of benzene rings is 4. The van der Waals surface area contributed by atoms with Gasteiger partial charge in [-0.2, -0.15) is 0 Å². The van der Waals surface area contributed by atoms with E-state index in [0.717, 1.165) is 270 Å². The maximum Gasteiger partial charge on any atom is 0.348 e. The van der Waals surface area contributed by atoms with Crippen LogP contribution in [0.5, 0.6) is 0 Å². The average Bonchev–Trinajstić information content (AvgIpc) is 1.68. The quantitative estimate of drug-likeness (QED) is 0.00957. The summed E-state index contributed by atoms with van der Waals surface area (Å²) in [7, 11) is 0. The van der Waals surface area contributed by atoms with Crippen LogP contribution in [0.2, 0.25) is 0 Å². The van der Waals surface area contributed by atoms with Gasteiger partial charge in [-0.3, -0.25) is 19.2 Å². The first-order chi connectivity index (χ1) is 71.3. The Bertz CT molecular complexity index is 4600. The molecule has 4 aromatic carbocycles. The fraction of sp³-hybridized carbons (Fsp3) is 0.586. The molecule has 16 atom stereocenters. The average molecular weight is 2130 g/mol. The standard InChI is InChI=1S/4C29H41NO6S/c4*1-3-5-6-10-25(32)20-11-13-22(14-12-20)30-21(15-18-28(30)34)8-7-9-23-16-17-27(37-23)29(35)36-19-26(33)24(31)4-2/h4*11-14,16-17,21,24-26,31-33H,3-10,15,18-19H2,1-2H3/t21-,24+,25-,26+;21-,24+,25-,26-;21-,24-,25-,26+;21-,24-,25-,26-/m0000/s1. The molecule has 816 valence electrons. The zero-order valence-electron chi connectivity index (χ0n) is 87.9. The summed E-state index contributed by atoms with van der Waals surface area (Å²) in [6, 6.07) is 46.2. The van der Waals surface area contributed by atoms with E-state index in [0.29, 0.717) is 70.9 Å². The number of ether oxygens (including phenoxy) is 4. The second-order valence-corrected chi connectivity index (χ2v) is 44.1. The third-order valence-electron chi connectivity index (χ3n) is 28.1. The number of hydrogen-bond donors (Lipinski definition) is 12. The number of rotatable bonds is 60. The number of hydrogen-bond acceptors (Lipinski definition) is 28. The van der Waals surface area contributed by atoms with E-state index in [2.05, 4.69) is 27.7 Å². The Hall–Kier alpha value is -9.04. The van der Waals surface area contributed by atoms with Gasteiger partial charge in [0.15, 0.2) is 0 Å². The number of thiophene rings is 4. The molecule has 0 unspecified atom stereocenters. The van der Waals surface area contributed by atoms with E-state index in [9.17, 15) is 99.6 Å². The summed E-state index contributed by atoms with van der Waals surface area (Å²) in [5, 5.41) is 119. The zero-order valence-corrected chi connectivity index (χ0v) is 91.2. The molecular formula is C116H164N4O24S4. The third-order valence-corrected chi connectivity index (χ3v) is 32.6. The van der Waals surface area contributed by atoms with Crippen LogP contribution >= 0.6 is 45.3 Å². The molecule has 4 aliphatic heterocycles. The Kier molecular flexibility index (Phi) is 54.1. The van der Waals surface area contributed by atoms with Crippen molar-refractivity contribution in [2.45, 2.75) is 410 Å². The number of carbonyl (C=O) groups excluding carboxylic acids is 8. The SMILES string of the molecule is CCCCC[C@H](O)c1ccc(N2C(=O)CC[C@@H]2CCCc2ccc(C(=O)OC[C@@H](O)[C@@H](O)CC)s2)cc1.CCCCC[C@H](O)c1ccc(N2C(=O)CC[C@@H]2CCCc2ccc(C(=O)OC[C@@H](O)[C@H](O)CC)s2)cc1.CCCCC[C@H](O)c1ccc(N2C(=O)CC[C@@H]2CCCc2ccc(C(=O)OC[C@H](O)[C@@H](O)CC)s2)cc1.CCCCC[C@H](O)c1ccc(N2C(=O)CC[C@@H]2CCCc2ccc(C(=O)OC[C@H](O)[C@H](O)CC)s2)cc1. The summed E-state index contributed by atoms with van der Waals surface area (Å²) in [6.45, 7) is 14.7. The maximum atomic E-state index is 12.7. The Labute approximate surface area is 890 Å². The van der Waals surface area contributed by atoms with E-state index in [-0.39, 0.29) is 74.2 Å². The van der Waals surface area contributed by atoms with Gasteiger partial charge in [-0.25, -0.2) is 19.2 Å². The predicted octanol–water partition coefficient (Wildman–Crippen LogP) is 20.7. The van der Waals surface area contributed by atoms with Crippen molar-refractivity contribution in [3.63, 3.8) is 0 Å². The highest BCUT2D eigenvalue weighted by molar-refractivity contribution is 7.15. The lowest BCUT2D eigenvalue weighted by Crippen LogP contribution is -2.32. The molecule has 4 amide bonds. The van der Waals surface area contributed by atoms with Crippen LogP contribution in [0.4, 0.5) is 22.7 Å². The molecule has 12 N–H and O–H groups in total. The van der Waals surface area contributed by atoms with Crippen LogP contribution in [0.1, 0.15) is 391 Å². The smallest absolute Gasteiger partial charge is 0.348 e. The fourth-order valence-corrected chi connectivity index (χ4v) is 22.7. The molecule has 32 heteroatoms. The van der Waals surface area contributed by atoms with Gasteiger partial charge in [-0.15, -0.1) is 45.3 Å². The van der Waals surface area contributed by atoms with Crippen molar-refractivity contribution in [1.29, 1.82) is 0 Å². The highest BCUT2D eigenvalue weighted by Crippen LogP contribution is 2.39. The summed E-state index contributed by atoms with van der Waals surface area (Å²) in [5.41, 5.74) is 7.11. The van der Waals surface area contributed by atoms with E-state index in [1.54, 1.807) is 52.0 Å². The number of aliphatic hydroxyl groups excluding tert-OH is 12. The zero-order chi connectivity index (χ0) is 107. The second-order valence-electron chi connectivity index (χ2n) is 39.4. The minimum Gasteiger partial charge on any atom is -0.459 e. The van der Waals surface area contributed by atoms with Gasteiger partial charge in [-0.1, -0.05) is 181 Å². The maximum absolute atomic E-state index is 12.7. The summed E-state index contributed by atoms with van der Waals surface area (Å²) >= 11 is 5.50. The summed E-state index contributed by atoms with van der Waals surface area (Å²) in [6.07, 6.45) is 23.4. The molecule has 8 aromatic rings. The summed E-state index contributed by atoms with van der Waals surface area (Å²) in [4.78, 5) is 113. The lowest BCUT2D eigenvalue weighted by Gasteiger charge is -2.25. The van der Waals surface area contributed by atoms with E-state index in [1.165, 1.54) is 45.3 Å². The van der Waals surface area contributed by atoms with Crippen LogP contribution in [-0.2, 0) is 63.8 Å². The van der Waals surface area contributed by atoms with Crippen molar-refractivity contribution < 1.29 is 119 Å². The van der Waals surface area contributed by atoms with Crippen molar-refractivity contribution in [1.82, 2.24) is 0 Å². The molecule has 8 heterocycles. The molecule has 0 bridgehead atoms. The molecule has 12 rings (SSSR count). The molecule has 0 radical (unpaired) electrons. The lowest BCUT2D eigenvalue weighted by molar-refractivity contribution is -0.118. The summed E-state index contributed by atoms with van der Waals surface area (Å²) < 4.78 is 20.5. The predicted molar refractivity (Wildman–Crippen MR) is 584 cm³/mol. The van der Waals surface area contributed by atoms with Crippen LogP contribution in [0.25, 0.3) is 0 Å². The van der Waals surface area contributed by atoms with Gasteiger partial charge >= 0.3 is 23.9 Å². The van der Waals surface area contributed by atoms with Crippen molar-refractivity contribution in [3.05, 3.63) is 207 Å². The highest BCUT2D eigenvalue weighted by Gasteiger charge is 2.37. The first-order valence-electron chi connectivity index (χ1n) is 54.2. The van der Waals surface area contributed by atoms with Crippen molar-refractivity contribution >= 4 is 116 Å². The van der Waals surface area contributed by atoms with Gasteiger partial charge in [0.2, 0.25) is 23.6 Å². The molecule has 0 spiro atoms. The van der Waals surface area contributed by atoms with Gasteiger partial charge in [-0.05, 0) is 273 Å². The van der Waals surface area contributed by atoms with Crippen molar-refractivity contribution in [3.8, 4) is 0 Å². The van der Waals surface area contributed by atoms with Crippen LogP contribution in [0.15, 0.2) is 146 Å². The number of anilines is 4. The number of amides is 4. The molecular weight excluding hydrogens is 1960 g/mol. The van der Waals surface area contributed by atoms with E-state index >= 15 is 0 Å². The molecule has 0 aliphatic carbocycles. The fourth-order valence-electron chi connectivity index (χ4n) is 18.9. The van der Waals surface area contributed by atoms with Gasteiger partial charge in [0, 0.05) is 92.1 Å². The van der Waals surface area contributed by atoms with Crippen LogP contribution in [0, 0.1) is 0 Å². The van der Waals surface area contributed by atoms with Crippen molar-refractivity contribution in [2.75, 3.05) is 46.0 Å². The minimum atomic E-state index is -1.09. The van der Waals surface area contributed by atoms with Gasteiger partial charge in [0.1, 0.15) is 70.4 Å². The number of carbonyl (C=O) groups is 8. The molecule has 4 aromatic heterocycles. The van der Waals surface area contributed by atoms with E-state index < -0.39 is 97.1 Å². The molecule has 4 fully saturated rings. The summed E-state index contributed by atoms with van der Waals surface area (Å²) in [5.74, 6) is -1.43.